The highest BCUT2D eigenvalue weighted by atomic mass is 27.3. The van der Waals surface area contributed by atoms with Crippen LogP contribution < -0.4 is 0 Å². The highest BCUT2D eigenvalue weighted by Crippen LogP contribution is 2.09. The molecule has 7 heteroatoms. The highest BCUT2D eigenvalue weighted by Gasteiger charge is 2.15. The molecule has 0 aromatic rings. The van der Waals surface area contributed by atoms with Crippen LogP contribution in [0.5, 0.6) is 0 Å². The van der Waals surface area contributed by atoms with Gasteiger partial charge in [0.2, 0.25) is 0 Å². The van der Waals surface area contributed by atoms with E-state index in [2.05, 4.69) is 16.4 Å². The first-order valence-corrected chi connectivity index (χ1v) is 13.8. The van der Waals surface area contributed by atoms with E-state index in [4.69, 9.17) is 15.9 Å². The molecular weight excluding hydrogens is 312 g/mol. The number of rotatable bonds is 4. The van der Waals surface area contributed by atoms with Crippen LogP contribution in [0.25, 0.3) is 0 Å². The average molecular weight is 348 g/mol. The molecule has 0 radical (unpaired) electrons. The highest BCUT2D eigenvalue weighted by molar-refractivity contribution is 6.59. The first-order valence-electron chi connectivity index (χ1n) is 5.99. The Morgan fingerprint density at radius 2 is 1.80 bits per heavy atom. The van der Waals surface area contributed by atoms with Crippen molar-refractivity contribution in [3.05, 3.63) is 0 Å². The normalized spacial score (nSPS) is 11.4. The van der Waals surface area contributed by atoms with Crippen molar-refractivity contribution in [1.29, 1.82) is 0 Å². The lowest BCUT2D eigenvalue weighted by atomic mass is 10.4. The molecule has 1 aliphatic rings. The smallest absolute Gasteiger partial charge is 0.609 e. The van der Waals surface area contributed by atoms with E-state index < -0.39 is 44.9 Å². The summed E-state index contributed by atoms with van der Waals surface area (Å²) in [6.07, 6.45) is 7.76. The lowest BCUT2D eigenvalue weighted by molar-refractivity contribution is 0.291. The lowest BCUT2D eigenvalue weighted by Gasteiger charge is -2.13. The maximum atomic E-state index is 5.42. The Hall–Kier alpha value is 1.57. The Morgan fingerprint density at radius 1 is 1.20 bits per heavy atom. The van der Waals surface area contributed by atoms with Crippen LogP contribution in [0, 0.1) is 11.2 Å². The van der Waals surface area contributed by atoms with Gasteiger partial charge in [-0.25, -0.2) is 0 Å². The summed E-state index contributed by atoms with van der Waals surface area (Å²) >= 11 is -2.76. The molecule has 1 fully saturated rings. The topological polar surface area (TPSA) is 27.7 Å². The minimum absolute atomic E-state index is 0. The third-order valence-electron chi connectivity index (χ3n) is 2.21. The molecule has 0 spiro atoms. The van der Waals surface area contributed by atoms with Gasteiger partial charge in [0.15, 0.2) is 0 Å². The predicted molar refractivity (Wildman–Crippen MR) is 101 cm³/mol. The van der Waals surface area contributed by atoms with Gasteiger partial charge in [-0.3, -0.25) is 0 Å². The molecule has 1 heterocycles. The van der Waals surface area contributed by atoms with E-state index in [9.17, 15) is 0 Å². The van der Waals surface area contributed by atoms with E-state index in [0.717, 1.165) is 6.61 Å². The zero-order valence-corrected chi connectivity index (χ0v) is 15.8. The molecule has 0 unspecified atom stereocenters. The van der Waals surface area contributed by atoms with E-state index >= 15 is 0 Å². The van der Waals surface area contributed by atoms with Gasteiger partial charge >= 0.3 is 60.4 Å². The fourth-order valence-corrected chi connectivity index (χ4v) is 7.40. The Labute approximate surface area is 152 Å². The summed E-state index contributed by atoms with van der Waals surface area (Å²) in [5.41, 5.74) is 0. The van der Waals surface area contributed by atoms with Gasteiger partial charge in [-0.05, 0) is 6.42 Å². The fraction of sp³-hybridized carbons (Fsp3) is 0.846. The maximum Gasteiger partial charge on any atom is 0.609 e. The fourth-order valence-electron chi connectivity index (χ4n) is 1.35. The van der Waals surface area contributed by atoms with Crippen molar-refractivity contribution in [3.8, 4) is 11.2 Å². The molecule has 0 aliphatic carbocycles. The van der Waals surface area contributed by atoms with Crippen molar-refractivity contribution in [2.75, 3.05) is 6.61 Å². The van der Waals surface area contributed by atoms with Gasteiger partial charge in [-0.15, -0.1) is 6.42 Å². The Balaban J connectivity index is -0.0000000633. The van der Waals surface area contributed by atoms with Crippen LogP contribution in [0.4, 0.5) is 0 Å². The van der Waals surface area contributed by atoms with E-state index in [1.54, 1.807) is 0 Å². The SMILES string of the molecule is C.C.C.C.C#[C][AlH][O][Al]([CH3])[O][AlH][CH3].[CH3][Al]1[CH2]CCC[O]1. The second-order valence-electron chi connectivity index (χ2n) is 3.72. The monoisotopic (exact) mass is 348 g/mol. The summed E-state index contributed by atoms with van der Waals surface area (Å²) in [5.74, 6) is 6.41. The average Bonchev–Trinajstić information content (AvgIpc) is 2.29. The van der Waals surface area contributed by atoms with Crippen LogP contribution in [0.2, 0.25) is 22.6 Å². The standard InChI is InChI=1S/C4H8O.C2H.4CH4.3CH3.4Al.2O.2H/c1-2-3-4-5;1-2;;;;;;;;;;;;;;;/h1-4H2;1H;4*1H4;3*1H3;;;;;;;;/q-1;;;;;;;;;;;;+1;;;;. The summed E-state index contributed by atoms with van der Waals surface area (Å²) in [5, 5.41) is 1.40. The number of hydrogen-bond donors (Lipinski definition) is 0. The van der Waals surface area contributed by atoms with E-state index in [0.29, 0.717) is 0 Å². The van der Waals surface area contributed by atoms with Gasteiger partial charge in [0, 0.05) is 6.61 Å². The van der Waals surface area contributed by atoms with E-state index in [1.165, 1.54) is 18.1 Å². The molecule has 0 aromatic carbocycles. The summed E-state index contributed by atoms with van der Waals surface area (Å²) in [7, 11) is 0. The third kappa shape index (κ3) is 24.6. The molecule has 0 bridgehead atoms. The van der Waals surface area contributed by atoms with Gasteiger partial charge in [0.1, 0.15) is 0 Å². The summed E-state index contributed by atoms with van der Waals surface area (Å²) in [4.78, 5) is 2.54. The molecule has 20 heavy (non-hydrogen) atoms. The van der Waals surface area contributed by atoms with Crippen LogP contribution in [-0.2, 0) is 9.47 Å². The molecule has 0 saturated carbocycles. The maximum absolute atomic E-state index is 5.42. The molecule has 0 atom stereocenters. The van der Waals surface area contributed by atoms with E-state index in [1.807, 2.05) is 5.79 Å². The second-order valence-corrected chi connectivity index (χ2v) is 11.3. The van der Waals surface area contributed by atoms with Crippen LogP contribution in [0.15, 0.2) is 0 Å². The number of hydrogen-bond acceptors (Lipinski definition) is 3. The van der Waals surface area contributed by atoms with Crippen molar-refractivity contribution >= 4 is 60.4 Å². The molecule has 1 aliphatic heterocycles. The molecule has 1 rings (SSSR count). The van der Waals surface area contributed by atoms with Crippen molar-refractivity contribution < 1.29 is 9.47 Å². The van der Waals surface area contributed by atoms with Crippen molar-refractivity contribution in [2.45, 2.75) is 65.2 Å². The first kappa shape index (κ1) is 33.2. The molecule has 3 nitrogen and oxygen atoms in total. The van der Waals surface area contributed by atoms with Gasteiger partial charge in [0.05, 0.1) is 0 Å². The van der Waals surface area contributed by atoms with Crippen molar-refractivity contribution in [3.63, 3.8) is 0 Å². The van der Waals surface area contributed by atoms with E-state index in [-0.39, 0.29) is 45.3 Å². The second kappa shape index (κ2) is 25.5. The van der Waals surface area contributed by atoms with Gasteiger partial charge in [-0.2, -0.15) is 4.78 Å². The minimum atomic E-state index is -1.24. The first-order chi connectivity index (χ1) is 7.70. The molecular formula is C13H36Al4O3. The Kier molecular flexibility index (Phi) is 42.4. The Morgan fingerprint density at radius 3 is 2.10 bits per heavy atom. The molecule has 118 valence electrons. The third-order valence-corrected chi connectivity index (χ3v) is 10.2. The predicted octanol–water partition coefficient (Wildman–Crippen LogP) is 3.44. The molecule has 0 amide bonds. The lowest BCUT2D eigenvalue weighted by Crippen LogP contribution is -2.21. The summed E-state index contributed by atoms with van der Waals surface area (Å²) in [6, 6.07) is 0. The molecule has 0 aromatic heterocycles. The summed E-state index contributed by atoms with van der Waals surface area (Å²) < 4.78 is 16.0. The Bertz CT molecular complexity index is 195. The zero-order valence-electron chi connectivity index (χ0n) is 10.7. The van der Waals surface area contributed by atoms with Crippen LogP contribution in [0.1, 0.15) is 42.5 Å². The van der Waals surface area contributed by atoms with Crippen molar-refractivity contribution in [1.82, 2.24) is 0 Å². The number of terminal acetylenes is 1. The van der Waals surface area contributed by atoms with Gasteiger partial charge in [0.25, 0.3) is 0 Å². The largest absolute Gasteiger partial charge is 0.618 e. The van der Waals surface area contributed by atoms with Crippen LogP contribution in [-0.4, -0.2) is 67.0 Å². The quantitative estimate of drug-likeness (QED) is 0.575. The van der Waals surface area contributed by atoms with Gasteiger partial charge < -0.3 is 9.47 Å². The molecule has 1 saturated heterocycles. The zero-order chi connectivity index (χ0) is 12.2. The van der Waals surface area contributed by atoms with Crippen LogP contribution in [0.3, 0.4) is 0 Å². The van der Waals surface area contributed by atoms with Crippen molar-refractivity contribution in [2.24, 2.45) is 0 Å². The summed E-state index contributed by atoms with van der Waals surface area (Å²) in [6.45, 7) is 1.05. The minimum Gasteiger partial charge on any atom is -0.618 e. The van der Waals surface area contributed by atoms with Gasteiger partial charge in [-0.1, -0.05) is 58.8 Å². The molecule has 0 N–H and O–H groups in total. The van der Waals surface area contributed by atoms with Crippen LogP contribution >= 0.6 is 0 Å².